The zero-order valence-corrected chi connectivity index (χ0v) is 14.1. The molecule has 4 heteroatoms. The normalized spacial score (nSPS) is 23.7. The van der Waals surface area contributed by atoms with Gasteiger partial charge in [0, 0.05) is 0 Å². The molecule has 3 atom stereocenters. The van der Waals surface area contributed by atoms with E-state index < -0.39 is 29.4 Å². The molecule has 0 radical (unpaired) electrons. The molecule has 1 heterocycles. The van der Waals surface area contributed by atoms with E-state index in [1.807, 2.05) is 41.5 Å². The number of hydrogen-bond acceptors (Lipinski definition) is 3. The maximum atomic E-state index is 13.5. The summed E-state index contributed by atoms with van der Waals surface area (Å²) >= 11 is 0. The van der Waals surface area contributed by atoms with Crippen LogP contribution in [0.2, 0.25) is 0 Å². The van der Waals surface area contributed by atoms with Gasteiger partial charge in [0.1, 0.15) is 17.7 Å². The van der Waals surface area contributed by atoms with Crippen molar-refractivity contribution in [1.29, 1.82) is 0 Å². The number of carbonyl (C=O) groups excluding carboxylic acids is 1. The summed E-state index contributed by atoms with van der Waals surface area (Å²) < 4.78 is 19.5. The largest absolute Gasteiger partial charge is 0.488 e. The molecule has 3 nitrogen and oxygen atoms in total. The lowest BCUT2D eigenvalue weighted by molar-refractivity contribution is -0.0603. The van der Waals surface area contributed by atoms with Gasteiger partial charge in [0.05, 0.1) is 17.6 Å². The van der Waals surface area contributed by atoms with E-state index in [9.17, 15) is 14.3 Å². The predicted octanol–water partition coefficient (Wildman–Crippen LogP) is 3.84. The molecular formula is C18H25FO3. The van der Waals surface area contributed by atoms with E-state index in [1.165, 1.54) is 18.2 Å². The maximum Gasteiger partial charge on any atom is 0.176 e. The molecule has 1 aromatic rings. The highest BCUT2D eigenvalue weighted by Gasteiger charge is 2.49. The third-order valence-corrected chi connectivity index (χ3v) is 4.17. The first-order valence-electron chi connectivity index (χ1n) is 7.61. The molecule has 1 aromatic carbocycles. The van der Waals surface area contributed by atoms with Crippen molar-refractivity contribution < 1.29 is 19.0 Å². The van der Waals surface area contributed by atoms with Crippen molar-refractivity contribution in [3.05, 3.63) is 29.6 Å². The molecule has 0 fully saturated rings. The van der Waals surface area contributed by atoms with E-state index in [-0.39, 0.29) is 16.8 Å². The van der Waals surface area contributed by atoms with Crippen LogP contribution in [0.5, 0.6) is 5.75 Å². The number of ether oxygens (including phenoxy) is 1. The molecule has 0 aliphatic carbocycles. The van der Waals surface area contributed by atoms with Crippen molar-refractivity contribution in [3.8, 4) is 5.75 Å². The summed E-state index contributed by atoms with van der Waals surface area (Å²) in [7, 11) is 0. The highest BCUT2D eigenvalue weighted by molar-refractivity contribution is 6.02. The zero-order valence-electron chi connectivity index (χ0n) is 14.1. The topological polar surface area (TPSA) is 46.5 Å². The van der Waals surface area contributed by atoms with E-state index in [2.05, 4.69) is 0 Å². The fourth-order valence-corrected chi connectivity index (χ4v) is 2.89. The quantitative estimate of drug-likeness (QED) is 0.857. The Morgan fingerprint density at radius 1 is 1.18 bits per heavy atom. The van der Waals surface area contributed by atoms with Gasteiger partial charge in [0.15, 0.2) is 5.78 Å². The monoisotopic (exact) mass is 308 g/mol. The van der Waals surface area contributed by atoms with Gasteiger partial charge in [-0.05, 0) is 29.0 Å². The Hall–Kier alpha value is -1.42. The average molecular weight is 308 g/mol. The second-order valence-corrected chi connectivity index (χ2v) is 8.25. The minimum Gasteiger partial charge on any atom is -0.488 e. The van der Waals surface area contributed by atoms with Crippen molar-refractivity contribution in [2.45, 2.75) is 53.8 Å². The van der Waals surface area contributed by atoms with E-state index in [4.69, 9.17) is 4.74 Å². The van der Waals surface area contributed by atoms with Crippen LogP contribution in [0.4, 0.5) is 4.39 Å². The van der Waals surface area contributed by atoms with Gasteiger partial charge in [-0.15, -0.1) is 0 Å². The van der Waals surface area contributed by atoms with Crippen LogP contribution in [-0.4, -0.2) is 23.1 Å². The van der Waals surface area contributed by atoms with E-state index >= 15 is 0 Å². The first-order valence-corrected chi connectivity index (χ1v) is 7.61. The molecule has 2 rings (SSSR count). The lowest BCUT2D eigenvalue weighted by atomic mass is 9.68. The van der Waals surface area contributed by atoms with Crippen LogP contribution in [0.3, 0.4) is 0 Å². The Labute approximate surface area is 131 Å². The van der Waals surface area contributed by atoms with Crippen molar-refractivity contribution >= 4 is 5.78 Å². The van der Waals surface area contributed by atoms with E-state index in [0.717, 1.165) is 0 Å². The summed E-state index contributed by atoms with van der Waals surface area (Å²) in [4.78, 5) is 12.9. The zero-order chi connectivity index (χ0) is 16.9. The molecular weight excluding hydrogens is 283 g/mol. The summed E-state index contributed by atoms with van der Waals surface area (Å²) in [5.41, 5.74) is -0.592. The summed E-state index contributed by atoms with van der Waals surface area (Å²) in [6.07, 6.45) is -1.34. The number of aliphatic hydroxyl groups excluding tert-OH is 1. The fourth-order valence-electron chi connectivity index (χ4n) is 2.89. The van der Waals surface area contributed by atoms with Crippen LogP contribution in [0.25, 0.3) is 0 Å². The van der Waals surface area contributed by atoms with Crippen molar-refractivity contribution in [2.75, 3.05) is 0 Å². The molecule has 0 spiro atoms. The molecule has 0 saturated carbocycles. The number of benzene rings is 1. The Morgan fingerprint density at radius 3 is 2.27 bits per heavy atom. The minimum absolute atomic E-state index is 0.216. The molecule has 0 unspecified atom stereocenters. The minimum atomic E-state index is -0.874. The van der Waals surface area contributed by atoms with Gasteiger partial charge in [-0.2, -0.15) is 0 Å². The summed E-state index contributed by atoms with van der Waals surface area (Å²) in [6.45, 7) is 11.6. The number of halogens is 1. The summed E-state index contributed by atoms with van der Waals surface area (Å²) in [5.74, 6) is -1.05. The lowest BCUT2D eigenvalue weighted by Gasteiger charge is -2.44. The third-order valence-electron chi connectivity index (χ3n) is 4.17. The third kappa shape index (κ3) is 3.02. The van der Waals surface area contributed by atoms with Crippen molar-refractivity contribution in [2.24, 2.45) is 16.7 Å². The first kappa shape index (κ1) is 16.9. The highest BCUT2D eigenvalue weighted by atomic mass is 19.1. The Kier molecular flexibility index (Phi) is 4.11. The van der Waals surface area contributed by atoms with E-state index in [0.29, 0.717) is 5.75 Å². The number of carbonyl (C=O) groups is 1. The molecule has 1 aliphatic rings. The molecule has 122 valence electrons. The Bertz CT molecular complexity index is 581. The number of ketones is 1. The number of Topliss-reactive ketones (excluding diaryl/α,β-unsaturated/α-hetero) is 1. The summed E-state index contributed by atoms with van der Waals surface area (Å²) in [5, 5.41) is 10.7. The second kappa shape index (κ2) is 5.34. The van der Waals surface area contributed by atoms with Gasteiger partial charge in [-0.3, -0.25) is 4.79 Å². The van der Waals surface area contributed by atoms with Crippen LogP contribution in [0.15, 0.2) is 18.2 Å². The second-order valence-electron chi connectivity index (χ2n) is 8.25. The lowest BCUT2D eigenvalue weighted by Crippen LogP contribution is -2.53. The van der Waals surface area contributed by atoms with Crippen LogP contribution in [0.1, 0.15) is 51.9 Å². The van der Waals surface area contributed by atoms with Crippen LogP contribution in [0, 0.1) is 22.6 Å². The molecule has 22 heavy (non-hydrogen) atoms. The van der Waals surface area contributed by atoms with Crippen molar-refractivity contribution in [3.63, 3.8) is 0 Å². The molecule has 0 amide bonds. The van der Waals surface area contributed by atoms with Gasteiger partial charge in [-0.25, -0.2) is 4.39 Å². The number of rotatable bonds is 1. The van der Waals surface area contributed by atoms with Gasteiger partial charge in [0.2, 0.25) is 0 Å². The van der Waals surface area contributed by atoms with Crippen LogP contribution in [-0.2, 0) is 0 Å². The Balaban J connectivity index is 2.55. The predicted molar refractivity (Wildman–Crippen MR) is 83.6 cm³/mol. The molecule has 0 saturated heterocycles. The number of fused-ring (bicyclic) bond motifs is 1. The maximum absolute atomic E-state index is 13.5. The van der Waals surface area contributed by atoms with Gasteiger partial charge < -0.3 is 9.84 Å². The fraction of sp³-hybridized carbons (Fsp3) is 0.611. The number of aliphatic hydroxyl groups is 1. The Morgan fingerprint density at radius 2 is 1.77 bits per heavy atom. The first-order chi connectivity index (χ1) is 9.93. The SMILES string of the molecule is CC(C)(C)[C@H](O)[C@@H]1C(=O)c2cc(F)ccc2O[C@H]1C(C)(C)C. The molecule has 0 bridgehead atoms. The average Bonchev–Trinajstić information content (AvgIpc) is 2.36. The molecule has 1 aliphatic heterocycles. The van der Waals surface area contributed by atoms with Gasteiger partial charge >= 0.3 is 0 Å². The van der Waals surface area contributed by atoms with Crippen LogP contribution < -0.4 is 4.74 Å². The smallest absolute Gasteiger partial charge is 0.176 e. The molecule has 1 N–H and O–H groups in total. The van der Waals surface area contributed by atoms with Gasteiger partial charge in [0.25, 0.3) is 0 Å². The summed E-state index contributed by atoms with van der Waals surface area (Å²) in [6, 6.07) is 3.96. The van der Waals surface area contributed by atoms with E-state index in [1.54, 1.807) is 0 Å². The molecule has 0 aromatic heterocycles. The highest BCUT2D eigenvalue weighted by Crippen LogP contribution is 2.43. The van der Waals surface area contributed by atoms with Crippen molar-refractivity contribution in [1.82, 2.24) is 0 Å². The standard InChI is InChI=1S/C18H25FO3/c1-17(2,3)15(21)13-14(20)11-9-10(19)7-8-12(11)22-16(13)18(4,5)6/h7-9,13,15-16,21H,1-6H3/t13-,15+,16+/m0/s1. The van der Waals surface area contributed by atoms with Gasteiger partial charge in [-0.1, -0.05) is 41.5 Å². The van der Waals surface area contributed by atoms with Crippen LogP contribution >= 0.6 is 0 Å². The number of hydrogen-bond donors (Lipinski definition) is 1.